The van der Waals surface area contributed by atoms with Gasteiger partial charge in [-0.25, -0.2) is 4.98 Å². The Kier molecular flexibility index (Phi) is 4.11. The maximum atomic E-state index is 11.8. The van der Waals surface area contributed by atoms with Crippen LogP contribution >= 0.6 is 23.2 Å². The second kappa shape index (κ2) is 5.79. The lowest BCUT2D eigenvalue weighted by atomic mass is 10.2. The van der Waals surface area contributed by atoms with Gasteiger partial charge in [-0.15, -0.1) is 10.2 Å². The van der Waals surface area contributed by atoms with Crippen LogP contribution in [0.2, 0.25) is 10.3 Å². The summed E-state index contributed by atoms with van der Waals surface area (Å²) in [6.45, 7) is 0.456. The van der Waals surface area contributed by atoms with Gasteiger partial charge in [0.25, 0.3) is 5.91 Å². The molecule has 0 fully saturated rings. The van der Waals surface area contributed by atoms with E-state index in [0.29, 0.717) is 13.0 Å². The van der Waals surface area contributed by atoms with E-state index < -0.39 is 0 Å². The van der Waals surface area contributed by atoms with E-state index >= 15 is 0 Å². The first kappa shape index (κ1) is 12.8. The minimum atomic E-state index is -0.337. The SMILES string of the molecule is O=C(NCCc1cnc[nH]1)c1cc(Cl)nnc1Cl. The van der Waals surface area contributed by atoms with Gasteiger partial charge < -0.3 is 10.3 Å². The van der Waals surface area contributed by atoms with Crippen molar-refractivity contribution in [3.8, 4) is 0 Å². The molecule has 0 bridgehead atoms. The molecule has 0 aromatic carbocycles. The van der Waals surface area contributed by atoms with Crippen LogP contribution in [0.15, 0.2) is 18.6 Å². The van der Waals surface area contributed by atoms with Gasteiger partial charge >= 0.3 is 0 Å². The van der Waals surface area contributed by atoms with E-state index in [4.69, 9.17) is 23.2 Å². The number of amides is 1. The van der Waals surface area contributed by atoms with Crippen molar-refractivity contribution < 1.29 is 4.79 Å². The smallest absolute Gasteiger partial charge is 0.254 e. The maximum Gasteiger partial charge on any atom is 0.254 e. The molecule has 2 rings (SSSR count). The Morgan fingerprint density at radius 3 is 2.94 bits per heavy atom. The summed E-state index contributed by atoms with van der Waals surface area (Å²) < 4.78 is 0. The fourth-order valence-corrected chi connectivity index (χ4v) is 1.66. The summed E-state index contributed by atoms with van der Waals surface area (Å²) in [5.41, 5.74) is 1.15. The van der Waals surface area contributed by atoms with Gasteiger partial charge in [-0.3, -0.25) is 4.79 Å². The number of H-pyrrole nitrogens is 1. The van der Waals surface area contributed by atoms with Crippen LogP contribution < -0.4 is 5.32 Å². The third kappa shape index (κ3) is 3.18. The molecule has 6 nitrogen and oxygen atoms in total. The number of nitrogens with one attached hydrogen (secondary N) is 2. The molecule has 8 heteroatoms. The minimum Gasteiger partial charge on any atom is -0.352 e. The van der Waals surface area contributed by atoms with Gasteiger partial charge in [-0.2, -0.15) is 0 Å². The zero-order chi connectivity index (χ0) is 13.0. The number of carbonyl (C=O) groups is 1. The van der Waals surface area contributed by atoms with Crippen LogP contribution in [0.5, 0.6) is 0 Å². The Morgan fingerprint density at radius 2 is 2.22 bits per heavy atom. The van der Waals surface area contributed by atoms with Crippen LogP contribution in [0.3, 0.4) is 0 Å². The molecule has 18 heavy (non-hydrogen) atoms. The van der Waals surface area contributed by atoms with Crippen molar-refractivity contribution in [1.82, 2.24) is 25.5 Å². The molecule has 0 aliphatic rings. The highest BCUT2D eigenvalue weighted by Gasteiger charge is 2.12. The topological polar surface area (TPSA) is 83.6 Å². The summed E-state index contributed by atoms with van der Waals surface area (Å²) in [4.78, 5) is 18.6. The maximum absolute atomic E-state index is 11.8. The normalized spacial score (nSPS) is 10.3. The quantitative estimate of drug-likeness (QED) is 0.891. The van der Waals surface area contributed by atoms with Crippen molar-refractivity contribution in [2.75, 3.05) is 6.54 Å². The van der Waals surface area contributed by atoms with Crippen LogP contribution in [0, 0.1) is 0 Å². The summed E-state index contributed by atoms with van der Waals surface area (Å²) in [6, 6.07) is 1.38. The number of aromatic nitrogens is 4. The van der Waals surface area contributed by atoms with Gasteiger partial charge in [-0.1, -0.05) is 23.2 Å². The molecular formula is C10H9Cl2N5O. The van der Waals surface area contributed by atoms with E-state index in [1.54, 1.807) is 12.5 Å². The first-order valence-corrected chi connectivity index (χ1v) is 5.86. The zero-order valence-electron chi connectivity index (χ0n) is 9.15. The van der Waals surface area contributed by atoms with Gasteiger partial charge in [0.2, 0.25) is 0 Å². The Labute approximate surface area is 113 Å². The summed E-state index contributed by atoms with van der Waals surface area (Å²) in [5, 5.41) is 9.95. The van der Waals surface area contributed by atoms with Crippen molar-refractivity contribution in [3.63, 3.8) is 0 Å². The Balaban J connectivity index is 1.93. The average molecular weight is 286 g/mol. The number of hydrogen-bond donors (Lipinski definition) is 2. The molecule has 2 heterocycles. The number of aromatic amines is 1. The van der Waals surface area contributed by atoms with E-state index in [1.165, 1.54) is 6.07 Å². The largest absolute Gasteiger partial charge is 0.352 e. The first-order valence-electron chi connectivity index (χ1n) is 5.11. The molecule has 0 radical (unpaired) electrons. The van der Waals surface area contributed by atoms with Crippen molar-refractivity contribution in [2.24, 2.45) is 0 Å². The van der Waals surface area contributed by atoms with Crippen molar-refractivity contribution in [3.05, 3.63) is 40.2 Å². The molecule has 0 spiro atoms. The van der Waals surface area contributed by atoms with Crippen LogP contribution in [-0.4, -0.2) is 32.6 Å². The molecule has 1 amide bonds. The highest BCUT2D eigenvalue weighted by molar-refractivity contribution is 6.34. The standard InChI is InChI=1S/C10H9Cl2N5O/c11-8-3-7(9(12)17-16-8)10(18)14-2-1-6-4-13-5-15-6/h3-5H,1-2H2,(H,13,15)(H,14,18). The molecule has 0 aliphatic carbocycles. The van der Waals surface area contributed by atoms with E-state index in [0.717, 1.165) is 5.69 Å². The number of carbonyl (C=O) groups excluding carboxylic acids is 1. The van der Waals surface area contributed by atoms with Crippen LogP contribution in [0.1, 0.15) is 16.1 Å². The molecule has 2 aromatic heterocycles. The highest BCUT2D eigenvalue weighted by atomic mass is 35.5. The molecule has 0 saturated carbocycles. The Morgan fingerprint density at radius 1 is 1.39 bits per heavy atom. The summed E-state index contributed by atoms with van der Waals surface area (Å²) in [7, 11) is 0. The Bertz CT molecular complexity index is 543. The fraction of sp³-hybridized carbons (Fsp3) is 0.200. The van der Waals surface area contributed by atoms with Gasteiger partial charge in [0.05, 0.1) is 11.9 Å². The van der Waals surface area contributed by atoms with E-state index in [2.05, 4.69) is 25.5 Å². The van der Waals surface area contributed by atoms with Crippen LogP contribution in [-0.2, 0) is 6.42 Å². The summed E-state index contributed by atoms with van der Waals surface area (Å²) in [5.74, 6) is -0.337. The summed E-state index contributed by atoms with van der Waals surface area (Å²) in [6.07, 6.45) is 3.93. The van der Waals surface area contributed by atoms with Gasteiger partial charge in [0.15, 0.2) is 10.3 Å². The molecule has 2 N–H and O–H groups in total. The number of hydrogen-bond acceptors (Lipinski definition) is 4. The number of rotatable bonds is 4. The van der Waals surface area contributed by atoms with Crippen molar-refractivity contribution in [2.45, 2.75) is 6.42 Å². The van der Waals surface area contributed by atoms with Crippen molar-refractivity contribution >= 4 is 29.1 Å². The monoisotopic (exact) mass is 285 g/mol. The van der Waals surface area contributed by atoms with Gasteiger partial charge in [-0.05, 0) is 6.07 Å². The van der Waals surface area contributed by atoms with E-state index in [9.17, 15) is 4.79 Å². The van der Waals surface area contributed by atoms with Crippen molar-refractivity contribution in [1.29, 1.82) is 0 Å². The lowest BCUT2D eigenvalue weighted by Crippen LogP contribution is -2.26. The van der Waals surface area contributed by atoms with E-state index in [-0.39, 0.29) is 21.8 Å². The molecule has 94 valence electrons. The fourth-order valence-electron chi connectivity index (χ4n) is 1.34. The van der Waals surface area contributed by atoms with Crippen LogP contribution in [0.4, 0.5) is 0 Å². The molecule has 0 unspecified atom stereocenters. The minimum absolute atomic E-state index is 0.0263. The zero-order valence-corrected chi connectivity index (χ0v) is 10.7. The van der Waals surface area contributed by atoms with Crippen LogP contribution in [0.25, 0.3) is 0 Å². The molecule has 0 aliphatic heterocycles. The lowest BCUT2D eigenvalue weighted by molar-refractivity contribution is 0.0953. The third-order valence-electron chi connectivity index (χ3n) is 2.20. The average Bonchev–Trinajstić information content (AvgIpc) is 2.85. The van der Waals surface area contributed by atoms with Gasteiger partial charge in [0, 0.05) is 24.9 Å². The number of nitrogens with zero attached hydrogens (tertiary/aromatic N) is 3. The molecule has 2 aromatic rings. The molecule has 0 atom stereocenters. The first-order chi connectivity index (χ1) is 8.66. The highest BCUT2D eigenvalue weighted by Crippen LogP contribution is 2.14. The number of imidazole rings is 1. The lowest BCUT2D eigenvalue weighted by Gasteiger charge is -2.05. The molecular weight excluding hydrogens is 277 g/mol. The van der Waals surface area contributed by atoms with Gasteiger partial charge in [0.1, 0.15) is 0 Å². The predicted molar refractivity (Wildman–Crippen MR) is 66.7 cm³/mol. The predicted octanol–water partition coefficient (Wildman–Crippen LogP) is 1.48. The summed E-state index contributed by atoms with van der Waals surface area (Å²) >= 11 is 11.4. The molecule has 0 saturated heterocycles. The second-order valence-electron chi connectivity index (χ2n) is 3.45. The third-order valence-corrected chi connectivity index (χ3v) is 2.66. The number of halogens is 2. The van der Waals surface area contributed by atoms with E-state index in [1.807, 2.05) is 0 Å². The Hall–Kier alpha value is -1.66. The second-order valence-corrected chi connectivity index (χ2v) is 4.20.